The second-order valence-electron chi connectivity index (χ2n) is 7.86. The number of hydrogen-bond acceptors (Lipinski definition) is 4. The highest BCUT2D eigenvalue weighted by Gasteiger charge is 2.36. The predicted molar refractivity (Wildman–Crippen MR) is 111 cm³/mol. The molecule has 0 radical (unpaired) electrons. The van der Waals surface area contributed by atoms with Crippen LogP contribution in [0.2, 0.25) is 0 Å². The highest BCUT2D eigenvalue weighted by atomic mass is 19.3. The lowest BCUT2D eigenvalue weighted by Crippen LogP contribution is -2.36. The number of aryl methyl sites for hydroxylation is 1. The number of nitrogens with one attached hydrogen (secondary N) is 3. The number of anilines is 1. The number of aromatic nitrogens is 4. The molecule has 0 bridgehead atoms. The number of rotatable bonds is 6. The van der Waals surface area contributed by atoms with Crippen molar-refractivity contribution in [1.29, 1.82) is 0 Å². The van der Waals surface area contributed by atoms with Crippen molar-refractivity contribution < 1.29 is 18.4 Å². The number of nitrogens with zero attached hydrogens (tertiary/aromatic N) is 2. The van der Waals surface area contributed by atoms with E-state index < -0.39 is 29.9 Å². The molecule has 9 heteroatoms. The molecule has 1 aromatic carbocycles. The number of Topliss-reactive ketones (excluding diaryl/α,β-unsaturated/α-hetero) is 1. The average molecular weight is 427 g/mol. The third-order valence-electron chi connectivity index (χ3n) is 5.76. The van der Waals surface area contributed by atoms with Crippen LogP contribution in [0.3, 0.4) is 0 Å². The second-order valence-corrected chi connectivity index (χ2v) is 7.86. The number of amides is 1. The summed E-state index contributed by atoms with van der Waals surface area (Å²) in [5, 5.41) is 15.4. The lowest BCUT2D eigenvalue weighted by molar-refractivity contribution is -0.122. The molecule has 0 aliphatic heterocycles. The molecule has 2 heterocycles. The Morgan fingerprint density at radius 3 is 2.45 bits per heavy atom. The monoisotopic (exact) mass is 427 g/mol. The van der Waals surface area contributed by atoms with Crippen LogP contribution >= 0.6 is 0 Å². The van der Waals surface area contributed by atoms with Crippen molar-refractivity contribution in [2.24, 2.45) is 11.8 Å². The van der Waals surface area contributed by atoms with Gasteiger partial charge in [-0.1, -0.05) is 37.1 Å². The molecule has 1 amide bonds. The van der Waals surface area contributed by atoms with E-state index in [-0.39, 0.29) is 11.5 Å². The first-order valence-electron chi connectivity index (χ1n) is 10.2. The first-order valence-corrected chi connectivity index (χ1v) is 10.2. The molecule has 2 atom stereocenters. The van der Waals surface area contributed by atoms with Gasteiger partial charge < -0.3 is 5.32 Å². The SMILES string of the molecule is Cc1cc(-c2ccc(C(=O)C3CCCCC3C(=O)Nc3cn[nH]c3C(F)F)cc2)n[nH]1. The number of ketones is 1. The minimum Gasteiger partial charge on any atom is -0.323 e. The van der Waals surface area contributed by atoms with Crippen LogP contribution in [0.25, 0.3) is 11.3 Å². The van der Waals surface area contributed by atoms with Gasteiger partial charge in [0.1, 0.15) is 5.69 Å². The summed E-state index contributed by atoms with van der Waals surface area (Å²) >= 11 is 0. The van der Waals surface area contributed by atoms with Gasteiger partial charge in [0.25, 0.3) is 6.43 Å². The maximum absolute atomic E-state index is 13.2. The van der Waals surface area contributed by atoms with E-state index in [0.29, 0.717) is 18.4 Å². The van der Waals surface area contributed by atoms with E-state index in [1.807, 2.05) is 25.1 Å². The number of benzene rings is 1. The van der Waals surface area contributed by atoms with Crippen LogP contribution in [0.4, 0.5) is 14.5 Å². The zero-order chi connectivity index (χ0) is 22.0. The van der Waals surface area contributed by atoms with E-state index in [0.717, 1.165) is 36.0 Å². The Labute approximate surface area is 177 Å². The Morgan fingerprint density at radius 2 is 1.81 bits per heavy atom. The Balaban J connectivity index is 1.50. The highest BCUT2D eigenvalue weighted by molar-refractivity contribution is 6.03. The quantitative estimate of drug-likeness (QED) is 0.497. The number of aromatic amines is 2. The molecule has 31 heavy (non-hydrogen) atoms. The van der Waals surface area contributed by atoms with E-state index in [9.17, 15) is 18.4 Å². The fourth-order valence-electron chi connectivity index (χ4n) is 4.13. The summed E-state index contributed by atoms with van der Waals surface area (Å²) in [4.78, 5) is 26.1. The van der Waals surface area contributed by atoms with Gasteiger partial charge in [0.2, 0.25) is 5.91 Å². The summed E-state index contributed by atoms with van der Waals surface area (Å²) in [5.74, 6) is -1.60. The third kappa shape index (κ3) is 4.40. The molecule has 0 spiro atoms. The highest BCUT2D eigenvalue weighted by Crippen LogP contribution is 2.34. The fraction of sp³-hybridized carbons (Fsp3) is 0.364. The molecule has 3 aromatic rings. The van der Waals surface area contributed by atoms with Crippen molar-refractivity contribution in [2.75, 3.05) is 5.32 Å². The number of alkyl halides is 2. The van der Waals surface area contributed by atoms with E-state index in [4.69, 9.17) is 0 Å². The summed E-state index contributed by atoms with van der Waals surface area (Å²) in [6, 6.07) is 9.08. The number of carbonyl (C=O) groups excluding carboxylic acids is 2. The number of H-pyrrole nitrogens is 2. The van der Waals surface area contributed by atoms with E-state index in [2.05, 4.69) is 25.7 Å². The van der Waals surface area contributed by atoms with Gasteiger partial charge in [-0.3, -0.25) is 19.8 Å². The predicted octanol–water partition coefficient (Wildman–Crippen LogP) is 4.67. The molecule has 2 unspecified atom stereocenters. The smallest absolute Gasteiger partial charge is 0.281 e. The first-order chi connectivity index (χ1) is 14.9. The molecular formula is C22H23F2N5O2. The molecule has 4 rings (SSSR count). The number of halogens is 2. The van der Waals surface area contributed by atoms with Gasteiger partial charge in [-0.15, -0.1) is 0 Å². The summed E-state index contributed by atoms with van der Waals surface area (Å²) < 4.78 is 26.1. The van der Waals surface area contributed by atoms with E-state index >= 15 is 0 Å². The van der Waals surface area contributed by atoms with E-state index in [1.54, 1.807) is 12.1 Å². The van der Waals surface area contributed by atoms with Crippen molar-refractivity contribution in [1.82, 2.24) is 20.4 Å². The minimum absolute atomic E-state index is 0.0459. The topological polar surface area (TPSA) is 104 Å². The maximum atomic E-state index is 13.2. The van der Waals surface area contributed by atoms with Crippen LogP contribution in [0.1, 0.15) is 53.9 Å². The van der Waals surface area contributed by atoms with Gasteiger partial charge in [-0.2, -0.15) is 10.2 Å². The third-order valence-corrected chi connectivity index (χ3v) is 5.76. The Hall–Kier alpha value is -3.36. The van der Waals surface area contributed by atoms with Crippen LogP contribution in [0.5, 0.6) is 0 Å². The van der Waals surface area contributed by atoms with Gasteiger partial charge in [-0.05, 0) is 25.8 Å². The summed E-state index contributed by atoms with van der Waals surface area (Å²) in [7, 11) is 0. The minimum atomic E-state index is -2.78. The van der Waals surface area contributed by atoms with Gasteiger partial charge in [0.05, 0.1) is 17.6 Å². The van der Waals surface area contributed by atoms with Crippen molar-refractivity contribution in [2.45, 2.75) is 39.0 Å². The van der Waals surface area contributed by atoms with Crippen LogP contribution in [0.15, 0.2) is 36.5 Å². The Bertz CT molecular complexity index is 1070. The first kappa shape index (κ1) is 20.9. The molecule has 1 aliphatic carbocycles. The fourth-order valence-corrected chi connectivity index (χ4v) is 4.13. The molecule has 1 saturated carbocycles. The summed E-state index contributed by atoms with van der Waals surface area (Å²) in [6.45, 7) is 1.91. The maximum Gasteiger partial charge on any atom is 0.281 e. The van der Waals surface area contributed by atoms with Crippen LogP contribution in [-0.4, -0.2) is 32.1 Å². The van der Waals surface area contributed by atoms with Crippen molar-refractivity contribution in [3.8, 4) is 11.3 Å². The van der Waals surface area contributed by atoms with E-state index in [1.165, 1.54) is 0 Å². The number of carbonyl (C=O) groups is 2. The second kappa shape index (κ2) is 8.79. The van der Waals surface area contributed by atoms with Gasteiger partial charge >= 0.3 is 0 Å². The molecule has 1 aliphatic rings. The molecular weight excluding hydrogens is 404 g/mol. The largest absolute Gasteiger partial charge is 0.323 e. The van der Waals surface area contributed by atoms with Crippen molar-refractivity contribution in [3.63, 3.8) is 0 Å². The van der Waals surface area contributed by atoms with Gasteiger partial charge in [-0.25, -0.2) is 8.78 Å². The Morgan fingerprint density at radius 1 is 1.10 bits per heavy atom. The lowest BCUT2D eigenvalue weighted by atomic mass is 9.75. The Kier molecular flexibility index (Phi) is 5.92. The molecule has 2 aromatic heterocycles. The molecule has 1 fully saturated rings. The normalized spacial score (nSPS) is 18.8. The molecule has 0 saturated heterocycles. The van der Waals surface area contributed by atoms with Crippen LogP contribution in [0, 0.1) is 18.8 Å². The zero-order valence-corrected chi connectivity index (χ0v) is 17.0. The summed E-state index contributed by atoms with van der Waals surface area (Å²) in [5.41, 5.74) is 2.67. The number of hydrogen-bond donors (Lipinski definition) is 3. The van der Waals surface area contributed by atoms with Gasteiger partial charge in [0.15, 0.2) is 5.78 Å². The molecule has 7 nitrogen and oxygen atoms in total. The van der Waals surface area contributed by atoms with Crippen LogP contribution < -0.4 is 5.32 Å². The lowest BCUT2D eigenvalue weighted by Gasteiger charge is -2.29. The zero-order valence-electron chi connectivity index (χ0n) is 17.0. The van der Waals surface area contributed by atoms with Gasteiger partial charge in [0, 0.05) is 28.7 Å². The van der Waals surface area contributed by atoms with Crippen molar-refractivity contribution >= 4 is 17.4 Å². The molecule has 3 N–H and O–H groups in total. The van der Waals surface area contributed by atoms with Crippen molar-refractivity contribution in [3.05, 3.63) is 53.5 Å². The summed E-state index contributed by atoms with van der Waals surface area (Å²) in [6.07, 6.45) is 1.16. The van der Waals surface area contributed by atoms with Crippen LogP contribution in [-0.2, 0) is 4.79 Å². The standard InChI is InChI=1S/C22H23F2N5O2/c1-12-10-17(28-27-12)13-6-8-14(9-7-13)20(30)15-4-2-3-5-16(15)22(31)26-18-11-25-29-19(18)21(23)24/h6-11,15-16,21H,2-5H2,1H3,(H,25,29)(H,26,31)(H,27,28). The average Bonchev–Trinajstić information content (AvgIpc) is 3.42. The molecule has 162 valence electrons.